The van der Waals surface area contributed by atoms with Gasteiger partial charge in [-0.15, -0.1) is 22.6 Å². The van der Waals surface area contributed by atoms with Gasteiger partial charge in [0, 0.05) is 30.6 Å². The molecular weight excluding hydrogens is 530 g/mol. The van der Waals surface area contributed by atoms with Gasteiger partial charge in [-0.2, -0.15) is 5.21 Å². The summed E-state index contributed by atoms with van der Waals surface area (Å²) in [5.74, 6) is -0.661. The number of hydrogen-bond donors (Lipinski definition) is 2. The molecule has 3 atom stereocenters. The lowest BCUT2D eigenvalue weighted by atomic mass is 9.80. The first-order chi connectivity index (χ1) is 19.1. The topological polar surface area (TPSA) is 69.7 Å². The normalized spacial score (nSPS) is 17.9. The van der Waals surface area contributed by atoms with E-state index < -0.39 is 11.6 Å². The average Bonchev–Trinajstić information content (AvgIpc) is 3.51. The summed E-state index contributed by atoms with van der Waals surface area (Å²) in [6, 6.07) is 27.9. The lowest BCUT2D eigenvalue weighted by Crippen LogP contribution is -2.43. The maximum atomic E-state index is 15.3. The van der Waals surface area contributed by atoms with Crippen molar-refractivity contribution in [2.75, 3.05) is 24.5 Å². The van der Waals surface area contributed by atoms with Crippen LogP contribution >= 0.6 is 12.4 Å². The maximum Gasteiger partial charge on any atom is 0.204 e. The fourth-order valence-corrected chi connectivity index (χ4v) is 5.87. The number of nitrogens with one attached hydrogen (secondary N) is 2. The van der Waals surface area contributed by atoms with E-state index in [1.165, 1.54) is 34.0 Å². The van der Waals surface area contributed by atoms with Gasteiger partial charge >= 0.3 is 0 Å². The summed E-state index contributed by atoms with van der Waals surface area (Å²) in [6.45, 7) is 4.09. The minimum Gasteiger partial charge on any atom is -0.366 e. The molecule has 9 heteroatoms. The molecule has 0 aliphatic carbocycles. The van der Waals surface area contributed by atoms with Crippen LogP contribution in [0.1, 0.15) is 36.4 Å². The van der Waals surface area contributed by atoms with Crippen molar-refractivity contribution in [2.24, 2.45) is 5.92 Å². The van der Waals surface area contributed by atoms with E-state index >= 15 is 8.78 Å². The third-order valence-corrected chi connectivity index (χ3v) is 7.90. The second kappa shape index (κ2) is 12.1. The molecule has 1 saturated heterocycles. The van der Waals surface area contributed by atoms with Crippen molar-refractivity contribution in [1.82, 2.24) is 25.9 Å². The Labute approximate surface area is 238 Å². The van der Waals surface area contributed by atoms with Crippen LogP contribution in [0, 0.1) is 17.6 Å². The Kier molecular flexibility index (Phi) is 8.38. The average molecular weight is 561 g/mol. The van der Waals surface area contributed by atoms with Gasteiger partial charge in [-0.25, -0.2) is 8.78 Å². The molecule has 0 saturated carbocycles. The van der Waals surface area contributed by atoms with Crippen LogP contribution in [0.15, 0.2) is 84.9 Å². The summed E-state index contributed by atoms with van der Waals surface area (Å²) in [5, 5.41) is 19.8. The summed E-state index contributed by atoms with van der Waals surface area (Å²) in [7, 11) is 0. The van der Waals surface area contributed by atoms with Crippen LogP contribution < -0.4 is 10.2 Å². The van der Waals surface area contributed by atoms with Gasteiger partial charge in [0.05, 0.1) is 0 Å². The summed E-state index contributed by atoms with van der Waals surface area (Å²) < 4.78 is 30.6. The zero-order valence-corrected chi connectivity index (χ0v) is 22.9. The molecule has 0 bridgehead atoms. The number of anilines is 1. The summed E-state index contributed by atoms with van der Waals surface area (Å²) in [5.41, 5.74) is 2.70. The molecule has 2 heterocycles. The van der Waals surface area contributed by atoms with Crippen molar-refractivity contribution in [1.29, 1.82) is 0 Å². The Morgan fingerprint density at radius 1 is 0.975 bits per heavy atom. The maximum absolute atomic E-state index is 15.3. The largest absolute Gasteiger partial charge is 0.366 e. The first-order valence-corrected chi connectivity index (χ1v) is 13.3. The van der Waals surface area contributed by atoms with Crippen LogP contribution in [0.25, 0.3) is 22.2 Å². The van der Waals surface area contributed by atoms with Gasteiger partial charge in [0.15, 0.2) is 0 Å². The lowest BCUT2D eigenvalue weighted by Gasteiger charge is -2.41. The molecule has 0 amide bonds. The van der Waals surface area contributed by atoms with E-state index in [1.807, 2.05) is 23.1 Å². The van der Waals surface area contributed by atoms with Gasteiger partial charge in [0.2, 0.25) is 5.82 Å². The zero-order valence-electron chi connectivity index (χ0n) is 22.1. The Hall–Kier alpha value is -3.88. The minimum atomic E-state index is -0.622. The Balaban J connectivity index is 0.00000323. The lowest BCUT2D eigenvalue weighted by molar-refractivity contribution is 0.322. The number of aromatic amines is 1. The van der Waals surface area contributed by atoms with E-state index in [0.29, 0.717) is 19.0 Å². The first kappa shape index (κ1) is 27.7. The standard InChI is InChI=1S/C31H30F2N6.ClH/c1-20(25-13-7-11-21-10-5-6-12-26(21)25)34-18-23-14-15-39(19-27(23)22-8-3-2-4-9-22)30-28(32)16-24(17-29(30)33)31-35-37-38-36-31;/h2-13,16-17,20,23,27,34H,14-15,18-19H2,1H3,(H,35,36,37,38);1H/t20-,23?,27?;/m1./s1. The molecular formula is C31H31ClF2N6. The fourth-order valence-electron chi connectivity index (χ4n) is 5.87. The number of tetrazole rings is 1. The Morgan fingerprint density at radius 3 is 2.45 bits per heavy atom. The number of aromatic nitrogens is 4. The summed E-state index contributed by atoms with van der Waals surface area (Å²) in [4.78, 5) is 1.84. The molecule has 2 N–H and O–H groups in total. The van der Waals surface area contributed by atoms with Crippen molar-refractivity contribution in [2.45, 2.75) is 25.3 Å². The van der Waals surface area contributed by atoms with Crippen molar-refractivity contribution in [3.8, 4) is 11.4 Å². The highest BCUT2D eigenvalue weighted by Crippen LogP contribution is 2.37. The highest BCUT2D eigenvalue weighted by atomic mass is 35.5. The number of piperidine rings is 1. The first-order valence-electron chi connectivity index (χ1n) is 13.3. The molecule has 0 spiro atoms. The monoisotopic (exact) mass is 560 g/mol. The molecule has 1 aromatic heterocycles. The number of fused-ring (bicyclic) bond motifs is 1. The van der Waals surface area contributed by atoms with Gasteiger partial charge in [-0.05, 0) is 65.1 Å². The van der Waals surface area contributed by atoms with Crippen LogP contribution in [0.3, 0.4) is 0 Å². The predicted octanol–water partition coefficient (Wildman–Crippen LogP) is 6.68. The number of benzene rings is 4. The van der Waals surface area contributed by atoms with Crippen LogP contribution in [-0.2, 0) is 0 Å². The molecule has 1 fully saturated rings. The fraction of sp³-hybridized carbons (Fsp3) is 0.258. The molecule has 206 valence electrons. The summed E-state index contributed by atoms with van der Waals surface area (Å²) >= 11 is 0. The van der Waals surface area contributed by atoms with Gasteiger partial charge in [0.25, 0.3) is 0 Å². The minimum absolute atomic E-state index is 0. The number of hydrogen-bond acceptors (Lipinski definition) is 5. The van der Waals surface area contributed by atoms with Crippen molar-refractivity contribution in [3.05, 3.63) is 108 Å². The molecule has 6 nitrogen and oxygen atoms in total. The third kappa shape index (κ3) is 5.55. The second-order valence-corrected chi connectivity index (χ2v) is 10.2. The van der Waals surface area contributed by atoms with E-state index in [-0.39, 0.29) is 41.4 Å². The third-order valence-electron chi connectivity index (χ3n) is 7.90. The highest BCUT2D eigenvalue weighted by Gasteiger charge is 2.33. The van der Waals surface area contributed by atoms with Gasteiger partial charge in [-0.1, -0.05) is 72.8 Å². The van der Waals surface area contributed by atoms with Crippen molar-refractivity contribution in [3.63, 3.8) is 0 Å². The molecule has 5 aromatic rings. The van der Waals surface area contributed by atoms with Gasteiger partial charge < -0.3 is 10.2 Å². The summed E-state index contributed by atoms with van der Waals surface area (Å²) in [6.07, 6.45) is 0.806. The predicted molar refractivity (Wildman–Crippen MR) is 157 cm³/mol. The number of nitrogens with zero attached hydrogens (tertiary/aromatic N) is 4. The van der Waals surface area contributed by atoms with Crippen molar-refractivity contribution >= 4 is 28.9 Å². The quantitative estimate of drug-likeness (QED) is 0.232. The molecule has 40 heavy (non-hydrogen) atoms. The molecule has 1 aliphatic rings. The molecule has 2 unspecified atom stereocenters. The molecule has 6 rings (SSSR count). The molecule has 0 radical (unpaired) electrons. The number of halogens is 3. The second-order valence-electron chi connectivity index (χ2n) is 10.2. The number of rotatable bonds is 7. The van der Waals surface area contributed by atoms with E-state index in [2.05, 4.69) is 87.5 Å². The van der Waals surface area contributed by atoms with Crippen molar-refractivity contribution < 1.29 is 8.78 Å². The van der Waals surface area contributed by atoms with Crippen LogP contribution in [0.4, 0.5) is 14.5 Å². The van der Waals surface area contributed by atoms with Gasteiger partial charge in [-0.3, -0.25) is 0 Å². The smallest absolute Gasteiger partial charge is 0.204 e. The van der Waals surface area contributed by atoms with Crippen LogP contribution in [0.2, 0.25) is 0 Å². The highest BCUT2D eigenvalue weighted by molar-refractivity contribution is 5.86. The Bertz CT molecular complexity index is 1530. The van der Waals surface area contributed by atoms with Crippen LogP contribution in [0.5, 0.6) is 0 Å². The van der Waals surface area contributed by atoms with E-state index in [1.54, 1.807) is 0 Å². The van der Waals surface area contributed by atoms with Crippen LogP contribution in [-0.4, -0.2) is 40.3 Å². The molecule has 1 aliphatic heterocycles. The number of H-pyrrole nitrogens is 1. The van der Waals surface area contributed by atoms with E-state index in [9.17, 15) is 0 Å². The van der Waals surface area contributed by atoms with Gasteiger partial charge in [0.1, 0.15) is 17.3 Å². The SMILES string of the molecule is C[C@@H](NCC1CCN(c2c(F)cc(-c3nn[nH]n3)cc2F)CC1c1ccccc1)c1cccc2ccccc12.Cl. The molecule has 4 aromatic carbocycles. The van der Waals surface area contributed by atoms with E-state index in [0.717, 1.165) is 13.0 Å². The Morgan fingerprint density at radius 2 is 1.70 bits per heavy atom. The van der Waals surface area contributed by atoms with E-state index in [4.69, 9.17) is 0 Å². The zero-order chi connectivity index (χ0) is 26.8.